The van der Waals surface area contributed by atoms with Gasteiger partial charge >= 0.3 is 12.1 Å². The summed E-state index contributed by atoms with van der Waals surface area (Å²) >= 11 is 0. The van der Waals surface area contributed by atoms with Gasteiger partial charge in [0.2, 0.25) is 0 Å². The molecule has 0 aromatic heterocycles. The number of anilines is 2. The van der Waals surface area contributed by atoms with Crippen molar-refractivity contribution in [3.8, 4) is 16.9 Å². The molecule has 41 heavy (non-hydrogen) atoms. The van der Waals surface area contributed by atoms with Gasteiger partial charge in [0.15, 0.2) is 0 Å². The molecule has 0 amide bonds. The number of benzene rings is 3. The van der Waals surface area contributed by atoms with Gasteiger partial charge in [0, 0.05) is 69.7 Å². The summed E-state index contributed by atoms with van der Waals surface area (Å²) in [5, 5.41) is 1.30. The lowest BCUT2D eigenvalue weighted by atomic mass is 9.82. The number of hydrogen-bond donors (Lipinski definition) is 0. The van der Waals surface area contributed by atoms with Gasteiger partial charge in [0.1, 0.15) is 11.4 Å². The Balaban J connectivity index is 2.21. The Labute approximate surface area is 239 Å². The number of fused-ring (bicyclic) bond motifs is 2. The number of rotatable bonds is 8. The average Bonchev–Trinajstić information content (AvgIpc) is 2.87. The van der Waals surface area contributed by atoms with Crippen LogP contribution in [-0.2, 0) is 13.9 Å². The van der Waals surface area contributed by atoms with Crippen LogP contribution in [0.5, 0.6) is 5.75 Å². The highest BCUT2D eigenvalue weighted by atomic mass is 31.2. The monoisotopic (exact) mass is 591 g/mol. The van der Waals surface area contributed by atoms with E-state index >= 15 is 4.57 Å². The molecule has 2 unspecified atom stereocenters. The third-order valence-electron chi connectivity index (χ3n) is 7.45. The summed E-state index contributed by atoms with van der Waals surface area (Å²) in [6.07, 6.45) is -5.18. The van der Waals surface area contributed by atoms with Crippen molar-refractivity contribution >= 4 is 35.6 Å². The Morgan fingerprint density at radius 1 is 0.902 bits per heavy atom. The minimum atomic E-state index is -5.18. The van der Waals surface area contributed by atoms with E-state index in [-0.39, 0.29) is 17.8 Å². The molecule has 3 aromatic rings. The summed E-state index contributed by atoms with van der Waals surface area (Å²) in [5.74, 6) is -2.52. The number of carbonyl (C=O) groups is 1. The molecule has 2 atom stereocenters. The van der Waals surface area contributed by atoms with Crippen LogP contribution in [0.25, 0.3) is 21.9 Å². The summed E-state index contributed by atoms with van der Waals surface area (Å²) < 4.78 is 68.2. The van der Waals surface area contributed by atoms with Gasteiger partial charge in [0.05, 0.1) is 0 Å². The van der Waals surface area contributed by atoms with Gasteiger partial charge in [-0.15, -0.1) is 0 Å². The maximum absolute atomic E-state index is 15.2. The van der Waals surface area contributed by atoms with Gasteiger partial charge in [-0.3, -0.25) is 4.57 Å². The molecule has 0 heterocycles. The van der Waals surface area contributed by atoms with E-state index in [0.29, 0.717) is 27.6 Å². The van der Waals surface area contributed by atoms with E-state index in [4.69, 9.17) is 9.26 Å². The molecule has 0 N–H and O–H groups in total. The topological polar surface area (TPSA) is 62.3 Å². The van der Waals surface area contributed by atoms with E-state index in [1.54, 1.807) is 6.07 Å². The van der Waals surface area contributed by atoms with E-state index in [1.807, 2.05) is 101 Å². The standard InChI is InChI=1S/C30H37F3N3O4P/c1-17(2)36(18(3)4)41(38,39-9)28-20-11-10-19(34(5)6)16-23(20)27-25(40-29(37)30(31,32)33)15-13-21-24(35(7)8)14-12-22(28)26(21)27/h10-18,28H,1-9H3. The van der Waals surface area contributed by atoms with E-state index in [9.17, 15) is 18.0 Å². The normalized spacial score (nSPS) is 16.2. The fourth-order valence-electron chi connectivity index (χ4n) is 5.94. The third kappa shape index (κ3) is 5.22. The van der Waals surface area contributed by atoms with Gasteiger partial charge in [-0.25, -0.2) is 9.46 Å². The number of ether oxygens (including phenoxy) is 1. The van der Waals surface area contributed by atoms with Crippen molar-refractivity contribution in [1.82, 2.24) is 4.67 Å². The summed E-state index contributed by atoms with van der Waals surface area (Å²) in [6.45, 7) is 7.83. The molecule has 1 aliphatic rings. The molecule has 4 rings (SSSR count). The second-order valence-corrected chi connectivity index (χ2v) is 13.7. The van der Waals surface area contributed by atoms with Gasteiger partial charge < -0.3 is 19.1 Å². The molecule has 0 radical (unpaired) electrons. The molecule has 222 valence electrons. The van der Waals surface area contributed by atoms with Crippen LogP contribution in [0, 0.1) is 0 Å². The maximum Gasteiger partial charge on any atom is 0.491 e. The van der Waals surface area contributed by atoms with Crippen molar-refractivity contribution < 1.29 is 31.8 Å². The lowest BCUT2D eigenvalue weighted by molar-refractivity contribution is -0.189. The van der Waals surface area contributed by atoms with Crippen molar-refractivity contribution in [1.29, 1.82) is 0 Å². The van der Waals surface area contributed by atoms with E-state index in [1.165, 1.54) is 13.2 Å². The van der Waals surface area contributed by atoms with Crippen molar-refractivity contribution in [2.45, 2.75) is 51.6 Å². The Kier molecular flexibility index (Phi) is 8.26. The van der Waals surface area contributed by atoms with Crippen LogP contribution in [-0.4, -0.2) is 64.2 Å². The fraction of sp³-hybridized carbons (Fsp3) is 0.433. The number of alkyl halides is 3. The molecule has 0 bridgehead atoms. The van der Waals surface area contributed by atoms with Gasteiger partial charge in [-0.2, -0.15) is 13.2 Å². The van der Waals surface area contributed by atoms with Crippen LogP contribution in [0.3, 0.4) is 0 Å². The van der Waals surface area contributed by atoms with Crippen molar-refractivity contribution in [2.24, 2.45) is 0 Å². The molecule has 0 saturated carbocycles. The summed E-state index contributed by atoms with van der Waals surface area (Å²) in [6, 6.07) is 12.1. The first-order chi connectivity index (χ1) is 19.0. The maximum atomic E-state index is 15.2. The van der Waals surface area contributed by atoms with Crippen LogP contribution >= 0.6 is 7.52 Å². The zero-order chi connectivity index (χ0) is 30.6. The summed E-state index contributed by atoms with van der Waals surface area (Å²) in [4.78, 5) is 15.8. The van der Waals surface area contributed by atoms with Crippen molar-refractivity contribution in [3.63, 3.8) is 0 Å². The number of halogens is 3. The zero-order valence-electron chi connectivity index (χ0n) is 24.8. The molecule has 0 saturated heterocycles. The number of hydrogen-bond acceptors (Lipinski definition) is 6. The Morgan fingerprint density at radius 2 is 1.51 bits per heavy atom. The molecule has 0 spiro atoms. The van der Waals surface area contributed by atoms with Crippen LogP contribution in [0.2, 0.25) is 0 Å². The van der Waals surface area contributed by atoms with Crippen molar-refractivity contribution in [2.75, 3.05) is 45.1 Å². The molecule has 1 aliphatic carbocycles. The number of esters is 1. The molecule has 11 heteroatoms. The van der Waals surface area contributed by atoms with Gasteiger partial charge in [0.25, 0.3) is 7.52 Å². The number of carbonyl (C=O) groups excluding carboxylic acids is 1. The largest absolute Gasteiger partial charge is 0.491 e. The molecule has 0 fully saturated rings. The highest BCUT2D eigenvalue weighted by molar-refractivity contribution is 7.57. The predicted octanol–water partition coefficient (Wildman–Crippen LogP) is 7.47. The van der Waals surface area contributed by atoms with Crippen LogP contribution in [0.15, 0.2) is 42.5 Å². The molecule has 3 aromatic carbocycles. The first kappa shape index (κ1) is 30.9. The van der Waals surface area contributed by atoms with Crippen LogP contribution in [0.4, 0.5) is 24.5 Å². The van der Waals surface area contributed by atoms with E-state index in [2.05, 4.69) is 0 Å². The molecule has 7 nitrogen and oxygen atoms in total. The van der Waals surface area contributed by atoms with Gasteiger partial charge in [-0.1, -0.05) is 12.1 Å². The Hall–Kier alpha value is -3.07. The molecular formula is C30H37F3N3O4P. The Morgan fingerprint density at radius 3 is 2.02 bits per heavy atom. The minimum Gasteiger partial charge on any atom is -0.419 e. The molecule has 0 aliphatic heterocycles. The second-order valence-electron chi connectivity index (χ2n) is 11.2. The SMILES string of the molecule is COP(=O)(C1c2ccc(N(C)C)cc2-c2c(OC(=O)C(F)(F)F)ccc3c(N(C)C)ccc1c23)N(C(C)C)C(C)C. The van der Waals surface area contributed by atoms with E-state index in [0.717, 1.165) is 16.8 Å². The van der Waals surface area contributed by atoms with E-state index < -0.39 is 25.3 Å². The van der Waals surface area contributed by atoms with Crippen molar-refractivity contribution in [3.05, 3.63) is 53.6 Å². The average molecular weight is 592 g/mol. The van der Waals surface area contributed by atoms with Crippen LogP contribution in [0.1, 0.15) is 44.5 Å². The first-order valence-electron chi connectivity index (χ1n) is 13.4. The third-order valence-corrected chi connectivity index (χ3v) is 10.7. The number of nitrogens with zero attached hydrogens (tertiary/aromatic N) is 3. The van der Waals surface area contributed by atoms with Crippen LogP contribution < -0.4 is 14.5 Å². The second kappa shape index (κ2) is 11.0. The highest BCUT2D eigenvalue weighted by Gasteiger charge is 2.48. The predicted molar refractivity (Wildman–Crippen MR) is 158 cm³/mol. The lowest BCUT2D eigenvalue weighted by Crippen LogP contribution is -2.37. The summed E-state index contributed by atoms with van der Waals surface area (Å²) in [5.41, 5.74) is 2.95. The van der Waals surface area contributed by atoms with Gasteiger partial charge in [-0.05, 0) is 80.1 Å². The minimum absolute atomic E-state index is 0.137. The Bertz CT molecular complexity index is 1530. The quantitative estimate of drug-likeness (QED) is 0.153. The first-order valence-corrected chi connectivity index (χ1v) is 15.0. The zero-order valence-corrected chi connectivity index (χ0v) is 25.7. The molecular weight excluding hydrogens is 554 g/mol. The smallest absolute Gasteiger partial charge is 0.419 e. The summed E-state index contributed by atoms with van der Waals surface area (Å²) in [7, 11) is 5.20. The highest BCUT2D eigenvalue weighted by Crippen LogP contribution is 2.70. The fourth-order valence-corrected chi connectivity index (χ4v) is 9.03. The lowest BCUT2D eigenvalue weighted by Gasteiger charge is -2.43.